The molecular weight excluding hydrogens is 1060 g/mol. The van der Waals surface area contributed by atoms with E-state index in [9.17, 15) is 45.6 Å². The van der Waals surface area contributed by atoms with E-state index in [2.05, 4.69) is 129 Å². The highest BCUT2D eigenvalue weighted by Crippen LogP contribution is 2.30. The van der Waals surface area contributed by atoms with Crippen molar-refractivity contribution in [2.24, 2.45) is 0 Å². The molecule has 0 spiro atoms. The van der Waals surface area contributed by atoms with E-state index in [1.807, 2.05) is 6.08 Å². The fourth-order valence-electron chi connectivity index (χ4n) is 9.89. The van der Waals surface area contributed by atoms with Crippen LogP contribution in [0.2, 0.25) is 0 Å². The molecule has 12 unspecified atom stereocenters. The summed E-state index contributed by atoms with van der Waals surface area (Å²) >= 11 is 0. The summed E-state index contributed by atoms with van der Waals surface area (Å²) < 4.78 is 22.8. The third kappa shape index (κ3) is 37.8. The maximum absolute atomic E-state index is 13.3. The van der Waals surface area contributed by atoms with Crippen LogP contribution >= 0.6 is 0 Å². The molecule has 0 saturated carbocycles. The van der Waals surface area contributed by atoms with Gasteiger partial charge < -0.3 is 65.1 Å². The van der Waals surface area contributed by atoms with E-state index < -0.39 is 86.8 Å². The van der Waals surface area contributed by atoms with E-state index in [1.165, 1.54) is 70.6 Å². The Balaban J connectivity index is 1.75. The topological polar surface area (TPSA) is 228 Å². The summed E-state index contributed by atoms with van der Waals surface area (Å²) in [6, 6.07) is -0.954. The zero-order valence-electron chi connectivity index (χ0n) is 51.8. The molecule has 0 aromatic carbocycles. The van der Waals surface area contributed by atoms with E-state index in [0.29, 0.717) is 12.8 Å². The van der Waals surface area contributed by atoms with Crippen molar-refractivity contribution in [1.82, 2.24) is 5.32 Å². The molecule has 0 bridgehead atoms. The number of carbonyl (C=O) groups excluding carboxylic acids is 1. The maximum Gasteiger partial charge on any atom is 0.220 e. The van der Waals surface area contributed by atoms with Crippen molar-refractivity contribution in [3.63, 3.8) is 0 Å². The van der Waals surface area contributed by atoms with Crippen LogP contribution in [0.5, 0.6) is 0 Å². The third-order valence-electron chi connectivity index (χ3n) is 15.1. The zero-order valence-corrected chi connectivity index (χ0v) is 51.8. The first-order valence-corrected chi connectivity index (χ1v) is 32.8. The van der Waals surface area contributed by atoms with Crippen LogP contribution in [0.4, 0.5) is 0 Å². The van der Waals surface area contributed by atoms with E-state index in [0.717, 1.165) is 116 Å². The van der Waals surface area contributed by atoms with Crippen LogP contribution in [0.1, 0.15) is 219 Å². The van der Waals surface area contributed by atoms with Crippen molar-refractivity contribution in [3.05, 3.63) is 122 Å². The number of nitrogens with one attached hydrogen (secondary N) is 1. The predicted octanol–water partition coefficient (Wildman–Crippen LogP) is 12.6. The van der Waals surface area contributed by atoms with Gasteiger partial charge in [-0.2, -0.15) is 0 Å². The summed E-state index contributed by atoms with van der Waals surface area (Å²) in [4.78, 5) is 13.3. The minimum absolute atomic E-state index is 0.249. The molecule has 0 radical (unpaired) electrons. The largest absolute Gasteiger partial charge is 0.394 e. The molecule has 14 nitrogen and oxygen atoms in total. The number of ether oxygens (including phenoxy) is 4. The molecular formula is C70H117NO13. The molecule has 14 heteroatoms. The normalized spacial score (nSPS) is 24.5. The molecule has 12 atom stereocenters. The van der Waals surface area contributed by atoms with Crippen LogP contribution in [0.15, 0.2) is 122 Å². The number of rotatable bonds is 51. The Morgan fingerprint density at radius 1 is 0.440 bits per heavy atom. The molecule has 2 aliphatic heterocycles. The summed E-state index contributed by atoms with van der Waals surface area (Å²) in [7, 11) is 0. The second-order valence-corrected chi connectivity index (χ2v) is 22.5. The number of carbonyl (C=O) groups is 1. The second-order valence-electron chi connectivity index (χ2n) is 22.5. The fraction of sp³-hybridized carbons (Fsp3) is 0.700. The van der Waals surface area contributed by atoms with Gasteiger partial charge in [-0.1, -0.05) is 232 Å². The van der Waals surface area contributed by atoms with E-state index in [4.69, 9.17) is 18.9 Å². The average molecular weight is 1180 g/mol. The van der Waals surface area contributed by atoms with Crippen molar-refractivity contribution in [2.75, 3.05) is 19.8 Å². The number of hydrogen-bond donors (Lipinski definition) is 9. The number of amides is 1. The monoisotopic (exact) mass is 1180 g/mol. The molecule has 1 amide bonds. The first-order valence-electron chi connectivity index (χ1n) is 32.8. The SMILES string of the molecule is CC/C=C\C/C=C\C/C=C\C/C=C\C/C=C\C/C=C\C/C=C\CCCCCCCCCC(=O)NC(COC1OC(CO)C(OC2OC(CO)C(O)C(O)C2O)C(O)C1O)C(O)/C=C/CC/C=C/CC/C=C/CCCCCCCCCCCCC. The average Bonchev–Trinajstić information content (AvgIpc) is 3.24. The smallest absolute Gasteiger partial charge is 0.220 e. The number of aliphatic hydroxyl groups is 8. The van der Waals surface area contributed by atoms with Gasteiger partial charge in [0.1, 0.15) is 48.8 Å². The Kier molecular flexibility index (Phi) is 48.8. The van der Waals surface area contributed by atoms with E-state index >= 15 is 0 Å². The lowest BCUT2D eigenvalue weighted by atomic mass is 9.97. The first kappa shape index (κ1) is 76.5. The Labute approximate surface area is 508 Å². The molecule has 480 valence electrons. The summed E-state index contributed by atoms with van der Waals surface area (Å²) in [6.45, 7) is 2.65. The molecule has 2 rings (SSSR count). The van der Waals surface area contributed by atoms with Crippen molar-refractivity contribution in [2.45, 2.75) is 293 Å². The Hall–Kier alpha value is -3.61. The summed E-state index contributed by atoms with van der Waals surface area (Å²) in [6.07, 6.45) is 60.9. The molecule has 2 aliphatic rings. The van der Waals surface area contributed by atoms with E-state index in [1.54, 1.807) is 6.08 Å². The highest BCUT2D eigenvalue weighted by atomic mass is 16.7. The van der Waals surface area contributed by atoms with Gasteiger partial charge in [-0.15, -0.1) is 0 Å². The molecule has 2 fully saturated rings. The van der Waals surface area contributed by atoms with Crippen molar-refractivity contribution in [3.8, 4) is 0 Å². The molecule has 84 heavy (non-hydrogen) atoms. The molecule has 2 heterocycles. The summed E-state index contributed by atoms with van der Waals surface area (Å²) in [5, 5.41) is 87.3. The van der Waals surface area contributed by atoms with Crippen LogP contribution < -0.4 is 5.32 Å². The van der Waals surface area contributed by atoms with Gasteiger partial charge in [-0.25, -0.2) is 0 Å². The van der Waals surface area contributed by atoms with Gasteiger partial charge in [0.05, 0.1) is 32.0 Å². The number of aliphatic hydroxyl groups excluding tert-OH is 8. The number of unbranched alkanes of at least 4 members (excludes halogenated alkanes) is 20. The Morgan fingerprint density at radius 3 is 1.31 bits per heavy atom. The standard InChI is InChI=1S/C70H117NO13/c1-3-5-7-9-11-13-15-17-19-21-23-25-26-27-28-29-30-31-32-34-36-38-40-42-44-46-48-50-52-54-62(75)71-58(59(74)53-51-49-47-45-43-41-39-37-35-33-24-22-20-18-16-14-12-10-8-6-4-2)57-81-69-67(80)65(78)68(61(56-73)83-69)84-70-66(79)64(77)63(76)60(55-72)82-70/h5,7,11,13,17,19,23,25,27-28,30-31,34-37,43,45,51,53,58-61,63-70,72-74,76-80H,3-4,6,8-10,12,14-16,18,20-22,24,26,29,32-33,38-42,44,46-50,52,54-57H2,1-2H3,(H,71,75)/b7-5-,13-11-,19-17-,25-23-,28-27-,31-30-,36-34-,37-35+,45-43+,53-51+. The van der Waals surface area contributed by atoms with Crippen LogP contribution in [0, 0.1) is 0 Å². The Bertz CT molecular complexity index is 1870. The van der Waals surface area contributed by atoms with Crippen LogP contribution in [-0.4, -0.2) is 140 Å². The van der Waals surface area contributed by atoms with Crippen LogP contribution in [0.3, 0.4) is 0 Å². The fourth-order valence-corrected chi connectivity index (χ4v) is 9.89. The molecule has 0 aromatic heterocycles. The molecule has 0 aliphatic carbocycles. The number of hydrogen-bond acceptors (Lipinski definition) is 13. The first-order chi connectivity index (χ1) is 41.1. The van der Waals surface area contributed by atoms with Crippen molar-refractivity contribution in [1.29, 1.82) is 0 Å². The lowest BCUT2D eigenvalue weighted by Crippen LogP contribution is -2.65. The van der Waals surface area contributed by atoms with Gasteiger partial charge >= 0.3 is 0 Å². The molecule has 9 N–H and O–H groups in total. The van der Waals surface area contributed by atoms with Gasteiger partial charge in [-0.05, 0) is 103 Å². The highest BCUT2D eigenvalue weighted by Gasteiger charge is 2.51. The van der Waals surface area contributed by atoms with Gasteiger partial charge in [0.2, 0.25) is 5.91 Å². The van der Waals surface area contributed by atoms with Crippen molar-refractivity contribution >= 4 is 5.91 Å². The quantitative estimate of drug-likeness (QED) is 0.0204. The highest BCUT2D eigenvalue weighted by molar-refractivity contribution is 5.76. The van der Waals surface area contributed by atoms with Crippen LogP contribution in [-0.2, 0) is 23.7 Å². The maximum atomic E-state index is 13.3. The van der Waals surface area contributed by atoms with Gasteiger partial charge in [0, 0.05) is 6.42 Å². The van der Waals surface area contributed by atoms with Crippen molar-refractivity contribution < 1.29 is 64.6 Å². The minimum Gasteiger partial charge on any atom is -0.394 e. The molecule has 2 saturated heterocycles. The molecule has 0 aromatic rings. The second kappa shape index (κ2) is 53.6. The minimum atomic E-state index is -1.80. The van der Waals surface area contributed by atoms with E-state index in [-0.39, 0.29) is 18.9 Å². The third-order valence-corrected chi connectivity index (χ3v) is 15.1. The van der Waals surface area contributed by atoms with Gasteiger partial charge in [0.25, 0.3) is 0 Å². The Morgan fingerprint density at radius 2 is 0.833 bits per heavy atom. The summed E-state index contributed by atoms with van der Waals surface area (Å²) in [5.74, 6) is -0.269. The van der Waals surface area contributed by atoms with Gasteiger partial charge in [-0.3, -0.25) is 4.79 Å². The number of allylic oxidation sites excluding steroid dienone is 19. The predicted molar refractivity (Wildman–Crippen MR) is 341 cm³/mol. The zero-order chi connectivity index (χ0) is 60.9. The summed E-state index contributed by atoms with van der Waals surface area (Å²) in [5.41, 5.74) is 0. The lowest BCUT2D eigenvalue weighted by molar-refractivity contribution is -0.359. The van der Waals surface area contributed by atoms with Gasteiger partial charge in [0.15, 0.2) is 12.6 Å². The lowest BCUT2D eigenvalue weighted by Gasteiger charge is -2.46. The van der Waals surface area contributed by atoms with Crippen LogP contribution in [0.25, 0.3) is 0 Å².